The van der Waals surface area contributed by atoms with Gasteiger partial charge in [-0.1, -0.05) is 30.3 Å². The first kappa shape index (κ1) is 14.9. The number of Topliss-reactive ketones (excluding diaryl/α,β-unsaturated/α-hetero) is 1. The smallest absolute Gasteiger partial charge is 0.143 e. The molecule has 0 unspecified atom stereocenters. The molecule has 0 saturated heterocycles. The molecule has 104 valence electrons. The monoisotopic (exact) mass is 338 g/mol. The fourth-order valence-electron chi connectivity index (χ4n) is 1.95. The van der Waals surface area contributed by atoms with Crippen LogP contribution in [0.15, 0.2) is 46.9 Å². The van der Waals surface area contributed by atoms with Crippen LogP contribution in [-0.2, 0) is 17.6 Å². The van der Waals surface area contributed by atoms with Crippen molar-refractivity contribution in [1.82, 2.24) is 0 Å². The predicted octanol–water partition coefficient (Wildman–Crippen LogP) is 4.47. The van der Waals surface area contributed by atoms with Gasteiger partial charge >= 0.3 is 0 Å². The number of aryl methyl sites for hydroxylation is 1. The largest absolute Gasteiger partial charge is 0.299 e. The van der Waals surface area contributed by atoms with Crippen molar-refractivity contribution < 1.29 is 13.6 Å². The first-order valence-electron chi connectivity index (χ1n) is 6.26. The van der Waals surface area contributed by atoms with Gasteiger partial charge in [0.1, 0.15) is 17.4 Å². The van der Waals surface area contributed by atoms with Crippen molar-refractivity contribution >= 4 is 21.7 Å². The van der Waals surface area contributed by atoms with Crippen LogP contribution in [0.5, 0.6) is 0 Å². The highest BCUT2D eigenvalue weighted by Gasteiger charge is 2.15. The number of halogens is 3. The average molecular weight is 339 g/mol. The molecule has 0 spiro atoms. The van der Waals surface area contributed by atoms with Gasteiger partial charge in [-0.15, -0.1) is 0 Å². The Morgan fingerprint density at radius 1 is 1.05 bits per heavy atom. The molecule has 0 saturated carbocycles. The van der Waals surface area contributed by atoms with E-state index in [1.165, 1.54) is 6.07 Å². The predicted molar refractivity (Wildman–Crippen MR) is 77.5 cm³/mol. The summed E-state index contributed by atoms with van der Waals surface area (Å²) in [6.45, 7) is 0. The normalized spacial score (nSPS) is 10.6. The Morgan fingerprint density at radius 2 is 1.75 bits per heavy atom. The van der Waals surface area contributed by atoms with E-state index in [0.717, 1.165) is 11.6 Å². The minimum atomic E-state index is -0.696. The summed E-state index contributed by atoms with van der Waals surface area (Å²) in [5.41, 5.74) is 0.869. The zero-order valence-electron chi connectivity index (χ0n) is 10.7. The van der Waals surface area contributed by atoms with E-state index < -0.39 is 11.6 Å². The summed E-state index contributed by atoms with van der Waals surface area (Å²) in [7, 11) is 0. The van der Waals surface area contributed by atoms with Crippen molar-refractivity contribution in [3.63, 3.8) is 0 Å². The van der Waals surface area contributed by atoms with Gasteiger partial charge in [0, 0.05) is 18.4 Å². The first-order valence-corrected chi connectivity index (χ1v) is 7.05. The molecular formula is C16H13BrF2O. The van der Waals surface area contributed by atoms with Crippen LogP contribution in [0.4, 0.5) is 8.78 Å². The van der Waals surface area contributed by atoms with E-state index in [0.29, 0.717) is 6.42 Å². The van der Waals surface area contributed by atoms with E-state index >= 15 is 0 Å². The molecule has 0 aliphatic carbocycles. The number of hydrogen-bond donors (Lipinski definition) is 0. The lowest BCUT2D eigenvalue weighted by Gasteiger charge is -2.06. The van der Waals surface area contributed by atoms with E-state index in [9.17, 15) is 13.6 Å². The Balaban J connectivity index is 2.00. The molecule has 0 bridgehead atoms. The van der Waals surface area contributed by atoms with Crippen LogP contribution in [0.1, 0.15) is 17.5 Å². The van der Waals surface area contributed by atoms with Gasteiger partial charge in [-0.25, -0.2) is 8.78 Å². The van der Waals surface area contributed by atoms with Gasteiger partial charge in [0.25, 0.3) is 0 Å². The number of rotatable bonds is 5. The number of carbonyl (C=O) groups is 1. The molecule has 0 heterocycles. The maximum Gasteiger partial charge on any atom is 0.143 e. The first-order chi connectivity index (χ1) is 9.58. The average Bonchev–Trinajstić information content (AvgIpc) is 2.46. The Hall–Kier alpha value is -1.55. The molecule has 2 aromatic carbocycles. The zero-order valence-corrected chi connectivity index (χ0v) is 12.3. The standard InChI is InChI=1S/C16H13BrF2O/c17-14-8-9-15(18)13(16(14)19)10-12(20)7-6-11-4-2-1-3-5-11/h1-5,8-9H,6-7,10H2. The number of carbonyl (C=O) groups excluding carboxylic acids is 1. The van der Waals surface area contributed by atoms with Crippen LogP contribution in [0, 0.1) is 11.6 Å². The van der Waals surface area contributed by atoms with Crippen LogP contribution >= 0.6 is 15.9 Å². The summed E-state index contributed by atoms with van der Waals surface area (Å²) < 4.78 is 27.5. The van der Waals surface area contributed by atoms with Gasteiger partial charge in [0.15, 0.2) is 0 Å². The van der Waals surface area contributed by atoms with Gasteiger partial charge in [-0.05, 0) is 40.0 Å². The van der Waals surface area contributed by atoms with Crippen LogP contribution < -0.4 is 0 Å². The van der Waals surface area contributed by atoms with Gasteiger partial charge in [0.2, 0.25) is 0 Å². The summed E-state index contributed by atoms with van der Waals surface area (Å²) in [6.07, 6.45) is 0.635. The third-order valence-electron chi connectivity index (χ3n) is 3.05. The molecule has 2 aromatic rings. The molecule has 4 heteroatoms. The summed E-state index contributed by atoms with van der Waals surface area (Å²) in [5, 5.41) is 0. The van der Waals surface area contributed by atoms with Crippen LogP contribution in [-0.4, -0.2) is 5.78 Å². The zero-order chi connectivity index (χ0) is 14.5. The summed E-state index contributed by atoms with van der Waals surface area (Å²) in [6, 6.07) is 12.0. The molecule has 0 radical (unpaired) electrons. The van der Waals surface area contributed by atoms with E-state index in [-0.39, 0.29) is 28.7 Å². The Morgan fingerprint density at radius 3 is 2.45 bits per heavy atom. The fourth-order valence-corrected chi connectivity index (χ4v) is 2.32. The van der Waals surface area contributed by atoms with Crippen molar-refractivity contribution in [1.29, 1.82) is 0 Å². The van der Waals surface area contributed by atoms with E-state index in [1.54, 1.807) is 0 Å². The number of hydrogen-bond acceptors (Lipinski definition) is 1. The SMILES string of the molecule is O=C(CCc1ccccc1)Cc1c(F)ccc(Br)c1F. The van der Waals surface area contributed by atoms with Gasteiger partial charge in [-0.3, -0.25) is 4.79 Å². The lowest BCUT2D eigenvalue weighted by molar-refractivity contribution is -0.118. The Bertz CT molecular complexity index is 611. The van der Waals surface area contributed by atoms with Gasteiger partial charge in [-0.2, -0.15) is 0 Å². The Labute approximate surface area is 124 Å². The highest BCUT2D eigenvalue weighted by molar-refractivity contribution is 9.10. The molecular weight excluding hydrogens is 326 g/mol. The molecule has 2 rings (SSSR count). The molecule has 0 aliphatic rings. The molecule has 0 N–H and O–H groups in total. The van der Waals surface area contributed by atoms with E-state index in [2.05, 4.69) is 15.9 Å². The minimum absolute atomic E-state index is 0.169. The second-order valence-electron chi connectivity index (χ2n) is 4.52. The van der Waals surface area contributed by atoms with Crippen molar-refractivity contribution in [2.24, 2.45) is 0 Å². The number of benzene rings is 2. The van der Waals surface area contributed by atoms with Crippen molar-refractivity contribution in [2.75, 3.05) is 0 Å². The second kappa shape index (κ2) is 6.75. The topological polar surface area (TPSA) is 17.1 Å². The van der Waals surface area contributed by atoms with Crippen LogP contribution in [0.3, 0.4) is 0 Å². The molecule has 1 nitrogen and oxygen atoms in total. The van der Waals surface area contributed by atoms with Crippen molar-refractivity contribution in [3.8, 4) is 0 Å². The highest BCUT2D eigenvalue weighted by atomic mass is 79.9. The molecule has 0 atom stereocenters. The minimum Gasteiger partial charge on any atom is -0.299 e. The quantitative estimate of drug-likeness (QED) is 0.735. The van der Waals surface area contributed by atoms with Crippen LogP contribution in [0.25, 0.3) is 0 Å². The lowest BCUT2D eigenvalue weighted by atomic mass is 10.0. The molecule has 0 aliphatic heterocycles. The summed E-state index contributed by atoms with van der Waals surface area (Å²) in [5.74, 6) is -1.55. The maximum atomic E-state index is 13.7. The molecule has 0 amide bonds. The van der Waals surface area contributed by atoms with Gasteiger partial charge in [0.05, 0.1) is 4.47 Å². The van der Waals surface area contributed by atoms with E-state index in [4.69, 9.17) is 0 Å². The fraction of sp³-hybridized carbons (Fsp3) is 0.188. The Kier molecular flexibility index (Phi) is 5.01. The summed E-state index contributed by atoms with van der Waals surface area (Å²) in [4.78, 5) is 11.9. The van der Waals surface area contributed by atoms with Crippen molar-refractivity contribution in [2.45, 2.75) is 19.3 Å². The van der Waals surface area contributed by atoms with E-state index in [1.807, 2.05) is 30.3 Å². The summed E-state index contributed by atoms with van der Waals surface area (Å²) >= 11 is 2.99. The van der Waals surface area contributed by atoms with Crippen LogP contribution in [0.2, 0.25) is 0 Å². The number of ketones is 1. The van der Waals surface area contributed by atoms with Gasteiger partial charge < -0.3 is 0 Å². The third-order valence-corrected chi connectivity index (χ3v) is 3.66. The highest BCUT2D eigenvalue weighted by Crippen LogP contribution is 2.22. The lowest BCUT2D eigenvalue weighted by Crippen LogP contribution is -2.08. The second-order valence-corrected chi connectivity index (χ2v) is 5.38. The molecule has 0 fully saturated rings. The maximum absolute atomic E-state index is 13.7. The third kappa shape index (κ3) is 3.73. The molecule has 0 aromatic heterocycles. The van der Waals surface area contributed by atoms with Crippen molar-refractivity contribution in [3.05, 3.63) is 69.7 Å². The molecule has 20 heavy (non-hydrogen) atoms.